The van der Waals surface area contributed by atoms with Crippen LogP contribution in [0.3, 0.4) is 0 Å². The van der Waals surface area contributed by atoms with Crippen LogP contribution in [0.1, 0.15) is 19.3 Å². The van der Waals surface area contributed by atoms with Crippen molar-refractivity contribution in [3.05, 3.63) is 0 Å². The molecule has 1 amide bonds. The summed E-state index contributed by atoms with van der Waals surface area (Å²) in [5.74, 6) is -0.254. The summed E-state index contributed by atoms with van der Waals surface area (Å²) in [4.78, 5) is 24.5. The first kappa shape index (κ1) is 12.3. The van der Waals surface area contributed by atoms with E-state index in [0.717, 1.165) is 6.42 Å². The quantitative estimate of drug-likeness (QED) is 0.612. The molecule has 0 bridgehead atoms. The van der Waals surface area contributed by atoms with Crippen molar-refractivity contribution in [3.8, 4) is 0 Å². The number of carbonyl (C=O) groups excluding carboxylic acids is 2. The molecule has 3 atom stereocenters. The van der Waals surface area contributed by atoms with Gasteiger partial charge in [0.25, 0.3) is 0 Å². The van der Waals surface area contributed by atoms with E-state index in [1.807, 2.05) is 4.90 Å². The van der Waals surface area contributed by atoms with Crippen LogP contribution in [0, 0.1) is 0 Å². The van der Waals surface area contributed by atoms with Crippen molar-refractivity contribution in [1.29, 1.82) is 0 Å². The van der Waals surface area contributed by atoms with Crippen LogP contribution in [0.2, 0.25) is 0 Å². The first-order chi connectivity index (χ1) is 8.10. The van der Waals surface area contributed by atoms with Gasteiger partial charge in [-0.25, -0.2) is 0 Å². The van der Waals surface area contributed by atoms with Gasteiger partial charge in [-0.3, -0.25) is 14.5 Å². The van der Waals surface area contributed by atoms with E-state index < -0.39 is 6.10 Å². The molecule has 2 N–H and O–H groups in total. The molecule has 2 heterocycles. The summed E-state index contributed by atoms with van der Waals surface area (Å²) in [5.41, 5.74) is 0. The molecule has 0 aromatic heterocycles. The van der Waals surface area contributed by atoms with Gasteiger partial charge in [0.1, 0.15) is 6.04 Å². The van der Waals surface area contributed by atoms with Gasteiger partial charge in [-0.05, 0) is 6.42 Å². The van der Waals surface area contributed by atoms with Crippen molar-refractivity contribution >= 4 is 11.9 Å². The van der Waals surface area contributed by atoms with Crippen LogP contribution in [0.5, 0.6) is 0 Å². The average Bonchev–Trinajstić information content (AvgIpc) is 2.85. The van der Waals surface area contributed by atoms with E-state index in [4.69, 9.17) is 4.74 Å². The minimum atomic E-state index is -0.490. The maximum absolute atomic E-state index is 11.5. The topological polar surface area (TPSA) is 78.9 Å². The number of β-amino-alcohol motifs (C(OH)–C–C–N with tert-alkyl or cyclic N) is 1. The zero-order valence-electron chi connectivity index (χ0n) is 9.89. The predicted octanol–water partition coefficient (Wildman–Crippen LogP) is -1.13. The monoisotopic (exact) mass is 242 g/mol. The SMILES string of the molecule is COC(=O)C1CC(O)CN1CC1CCC(=O)N1. The van der Waals surface area contributed by atoms with Crippen molar-refractivity contribution < 1.29 is 19.4 Å². The van der Waals surface area contributed by atoms with E-state index in [2.05, 4.69) is 5.32 Å². The number of carbonyl (C=O) groups is 2. The Morgan fingerprint density at radius 3 is 3.00 bits per heavy atom. The molecule has 6 heteroatoms. The molecule has 0 aromatic rings. The molecule has 0 saturated carbocycles. The van der Waals surface area contributed by atoms with Crippen LogP contribution in [0.25, 0.3) is 0 Å². The highest BCUT2D eigenvalue weighted by Gasteiger charge is 2.38. The summed E-state index contributed by atoms with van der Waals surface area (Å²) in [7, 11) is 1.35. The fraction of sp³-hybridized carbons (Fsp3) is 0.818. The molecule has 96 valence electrons. The van der Waals surface area contributed by atoms with Crippen molar-refractivity contribution in [2.45, 2.75) is 37.5 Å². The predicted molar refractivity (Wildman–Crippen MR) is 59.2 cm³/mol. The third-order valence-electron chi connectivity index (χ3n) is 3.39. The average molecular weight is 242 g/mol. The molecule has 3 unspecified atom stereocenters. The Bertz CT molecular complexity index is 321. The molecule has 0 spiro atoms. The number of nitrogens with zero attached hydrogens (tertiary/aromatic N) is 1. The maximum atomic E-state index is 11.5. The van der Waals surface area contributed by atoms with Gasteiger partial charge in [-0.1, -0.05) is 0 Å². The molecule has 0 aromatic carbocycles. The summed E-state index contributed by atoms with van der Waals surface area (Å²) in [5, 5.41) is 12.5. The number of methoxy groups -OCH3 is 1. The standard InChI is InChI=1S/C11H18N2O4/c1-17-11(16)9-4-8(14)6-13(9)5-7-2-3-10(15)12-7/h7-9,14H,2-6H2,1H3,(H,12,15). The summed E-state index contributed by atoms with van der Waals surface area (Å²) >= 11 is 0. The third-order valence-corrected chi connectivity index (χ3v) is 3.39. The lowest BCUT2D eigenvalue weighted by Crippen LogP contribution is -2.44. The molecular weight excluding hydrogens is 224 g/mol. The first-order valence-corrected chi connectivity index (χ1v) is 5.89. The Hall–Kier alpha value is -1.14. The number of ether oxygens (including phenoxy) is 1. The number of nitrogens with one attached hydrogen (secondary N) is 1. The Kier molecular flexibility index (Phi) is 3.63. The van der Waals surface area contributed by atoms with E-state index >= 15 is 0 Å². The Morgan fingerprint density at radius 2 is 2.41 bits per heavy atom. The minimum absolute atomic E-state index is 0.0596. The van der Waals surface area contributed by atoms with Crippen LogP contribution in [0.15, 0.2) is 0 Å². The molecule has 6 nitrogen and oxygen atoms in total. The van der Waals surface area contributed by atoms with E-state index in [0.29, 0.717) is 25.9 Å². The van der Waals surface area contributed by atoms with Crippen LogP contribution >= 0.6 is 0 Å². The van der Waals surface area contributed by atoms with Gasteiger partial charge in [0.15, 0.2) is 0 Å². The number of esters is 1. The van der Waals surface area contributed by atoms with Gasteiger partial charge < -0.3 is 15.2 Å². The van der Waals surface area contributed by atoms with Gasteiger partial charge in [0, 0.05) is 32.0 Å². The highest BCUT2D eigenvalue weighted by molar-refractivity contribution is 5.78. The van der Waals surface area contributed by atoms with Gasteiger partial charge in [0.05, 0.1) is 13.2 Å². The second-order valence-corrected chi connectivity index (χ2v) is 4.69. The summed E-state index contributed by atoms with van der Waals surface area (Å²) in [6, 6.07) is -0.299. The summed E-state index contributed by atoms with van der Waals surface area (Å²) < 4.78 is 4.72. The Labute approximate surface area is 99.9 Å². The fourth-order valence-corrected chi connectivity index (χ4v) is 2.56. The lowest BCUT2D eigenvalue weighted by molar-refractivity contribution is -0.146. The largest absolute Gasteiger partial charge is 0.468 e. The normalized spacial score (nSPS) is 33.8. The van der Waals surface area contributed by atoms with E-state index in [1.54, 1.807) is 0 Å². The molecule has 0 radical (unpaired) electrons. The molecule has 2 aliphatic rings. The second kappa shape index (κ2) is 5.01. The molecular formula is C11H18N2O4. The molecule has 2 fully saturated rings. The number of hydrogen-bond acceptors (Lipinski definition) is 5. The second-order valence-electron chi connectivity index (χ2n) is 4.69. The van der Waals surface area contributed by atoms with Gasteiger partial charge in [0.2, 0.25) is 5.91 Å². The Balaban J connectivity index is 1.93. The highest BCUT2D eigenvalue weighted by Crippen LogP contribution is 2.21. The number of aliphatic hydroxyl groups excluding tert-OH is 1. The van der Waals surface area contributed by atoms with Crippen molar-refractivity contribution in [1.82, 2.24) is 10.2 Å². The van der Waals surface area contributed by atoms with E-state index in [-0.39, 0.29) is 24.0 Å². The molecule has 0 aliphatic carbocycles. The van der Waals surface area contributed by atoms with Crippen molar-refractivity contribution in [2.24, 2.45) is 0 Å². The van der Waals surface area contributed by atoms with Crippen LogP contribution in [0.4, 0.5) is 0 Å². The van der Waals surface area contributed by atoms with E-state index in [1.165, 1.54) is 7.11 Å². The van der Waals surface area contributed by atoms with Gasteiger partial charge in [-0.2, -0.15) is 0 Å². The van der Waals surface area contributed by atoms with E-state index in [9.17, 15) is 14.7 Å². The number of likely N-dealkylation sites (tertiary alicyclic amines) is 1. The van der Waals surface area contributed by atoms with Crippen LogP contribution in [-0.2, 0) is 14.3 Å². The zero-order chi connectivity index (χ0) is 12.4. The smallest absolute Gasteiger partial charge is 0.323 e. The maximum Gasteiger partial charge on any atom is 0.323 e. The number of amides is 1. The lowest BCUT2D eigenvalue weighted by Gasteiger charge is -2.24. The Morgan fingerprint density at radius 1 is 1.65 bits per heavy atom. The molecule has 2 rings (SSSR count). The highest BCUT2D eigenvalue weighted by atomic mass is 16.5. The first-order valence-electron chi connectivity index (χ1n) is 5.89. The summed E-state index contributed by atoms with van der Waals surface area (Å²) in [6.45, 7) is 1.06. The van der Waals surface area contributed by atoms with Crippen molar-refractivity contribution in [3.63, 3.8) is 0 Å². The zero-order valence-corrected chi connectivity index (χ0v) is 9.89. The number of aliphatic hydroxyl groups is 1. The summed E-state index contributed by atoms with van der Waals surface area (Å²) in [6.07, 6.45) is 1.26. The van der Waals surface area contributed by atoms with Crippen LogP contribution < -0.4 is 5.32 Å². The lowest BCUT2D eigenvalue weighted by atomic mass is 10.2. The molecule has 2 aliphatic heterocycles. The molecule has 2 saturated heterocycles. The number of hydrogen-bond donors (Lipinski definition) is 2. The number of rotatable bonds is 3. The minimum Gasteiger partial charge on any atom is -0.468 e. The van der Waals surface area contributed by atoms with Crippen molar-refractivity contribution in [2.75, 3.05) is 20.2 Å². The van der Waals surface area contributed by atoms with Gasteiger partial charge >= 0.3 is 5.97 Å². The fourth-order valence-electron chi connectivity index (χ4n) is 2.56. The van der Waals surface area contributed by atoms with Crippen LogP contribution in [-0.4, -0.2) is 60.3 Å². The van der Waals surface area contributed by atoms with Gasteiger partial charge in [-0.15, -0.1) is 0 Å². The third kappa shape index (κ3) is 2.76. The molecule has 17 heavy (non-hydrogen) atoms.